The Labute approximate surface area is 79.3 Å². The van der Waals surface area contributed by atoms with Crippen LogP contribution < -0.4 is 12.4 Å². The monoisotopic (exact) mass is 205 g/mol. The van der Waals surface area contributed by atoms with E-state index in [2.05, 4.69) is 14.1 Å². The number of halogens is 3. The fraction of sp³-hybridized carbons (Fsp3) is 1.00. The fourth-order valence-corrected chi connectivity index (χ4v) is 1.48. The van der Waals surface area contributed by atoms with Gasteiger partial charge in [-0.3, -0.25) is 0 Å². The second-order valence-electron chi connectivity index (χ2n) is 2.76. The summed E-state index contributed by atoms with van der Waals surface area (Å²) in [5, 5.41) is 0. The lowest BCUT2D eigenvalue weighted by Gasteiger charge is -2.27. The summed E-state index contributed by atoms with van der Waals surface area (Å²) in [6, 6.07) is 0. The standard InChI is InChI=1S/C6H14Cl2N.ClH/c1-9(2,5-3-7)6-4-8;/h3-6H2,1-2H3;1H/q+1;/p-1. The molecule has 0 aliphatic carbocycles. The molecule has 0 atom stereocenters. The quantitative estimate of drug-likeness (QED) is 0.390. The number of nitrogens with zero attached hydrogens (tertiary/aromatic N) is 1. The lowest BCUT2D eigenvalue weighted by Crippen LogP contribution is -3.00. The van der Waals surface area contributed by atoms with E-state index in [1.54, 1.807) is 0 Å². The van der Waals surface area contributed by atoms with E-state index in [1.807, 2.05) is 0 Å². The number of hydrogen-bond donors (Lipinski definition) is 0. The summed E-state index contributed by atoms with van der Waals surface area (Å²) in [6.07, 6.45) is 0. The molecule has 0 aromatic carbocycles. The van der Waals surface area contributed by atoms with Gasteiger partial charge in [0.2, 0.25) is 0 Å². The molecule has 0 aliphatic rings. The van der Waals surface area contributed by atoms with Crippen LogP contribution in [-0.2, 0) is 0 Å². The van der Waals surface area contributed by atoms with Gasteiger partial charge in [-0.15, -0.1) is 23.2 Å². The number of hydrogen-bond acceptors (Lipinski definition) is 0. The second kappa shape index (κ2) is 6.53. The van der Waals surface area contributed by atoms with Crippen LogP contribution in [0.15, 0.2) is 0 Å². The zero-order valence-electron chi connectivity index (χ0n) is 6.41. The second-order valence-corrected chi connectivity index (χ2v) is 3.52. The van der Waals surface area contributed by atoms with Crippen LogP contribution in [0, 0.1) is 0 Å². The highest BCUT2D eigenvalue weighted by Gasteiger charge is 2.11. The van der Waals surface area contributed by atoms with Gasteiger partial charge in [0.25, 0.3) is 0 Å². The molecular weight excluding hydrogens is 192 g/mol. The largest absolute Gasteiger partial charge is 1.00 e. The van der Waals surface area contributed by atoms with Crippen LogP contribution in [0.3, 0.4) is 0 Å². The normalized spacial score (nSPS) is 10.8. The van der Waals surface area contributed by atoms with E-state index in [9.17, 15) is 0 Å². The summed E-state index contributed by atoms with van der Waals surface area (Å²) >= 11 is 11.1. The van der Waals surface area contributed by atoms with Gasteiger partial charge in [0, 0.05) is 0 Å². The van der Waals surface area contributed by atoms with E-state index < -0.39 is 0 Å². The Morgan fingerprint density at radius 3 is 1.50 bits per heavy atom. The Balaban J connectivity index is 0. The van der Waals surface area contributed by atoms with Crippen LogP contribution in [0.1, 0.15) is 0 Å². The molecule has 0 aromatic heterocycles. The van der Waals surface area contributed by atoms with Crippen LogP contribution >= 0.6 is 23.2 Å². The molecule has 0 N–H and O–H groups in total. The van der Waals surface area contributed by atoms with Crippen LogP contribution in [0.5, 0.6) is 0 Å². The molecule has 0 saturated carbocycles. The van der Waals surface area contributed by atoms with Crippen LogP contribution in [-0.4, -0.2) is 43.4 Å². The van der Waals surface area contributed by atoms with Crippen LogP contribution in [0.2, 0.25) is 0 Å². The maximum atomic E-state index is 5.56. The number of alkyl halides is 2. The molecule has 0 fully saturated rings. The Hall–Kier alpha value is 0.830. The first-order valence-corrected chi connectivity index (χ1v) is 4.13. The minimum absolute atomic E-state index is 0. The molecule has 0 saturated heterocycles. The van der Waals surface area contributed by atoms with Gasteiger partial charge in [-0.25, -0.2) is 0 Å². The van der Waals surface area contributed by atoms with Crippen molar-refractivity contribution in [3.8, 4) is 0 Å². The van der Waals surface area contributed by atoms with Crippen molar-refractivity contribution < 1.29 is 16.9 Å². The highest BCUT2D eigenvalue weighted by atomic mass is 35.5. The fourth-order valence-electron chi connectivity index (χ4n) is 0.569. The van der Waals surface area contributed by atoms with E-state index in [0.717, 1.165) is 17.6 Å². The van der Waals surface area contributed by atoms with Crippen molar-refractivity contribution in [2.24, 2.45) is 0 Å². The van der Waals surface area contributed by atoms with Gasteiger partial charge in [0.1, 0.15) is 0 Å². The van der Waals surface area contributed by atoms with Gasteiger partial charge >= 0.3 is 0 Å². The topological polar surface area (TPSA) is 0 Å². The molecule has 1 nitrogen and oxygen atoms in total. The molecular formula is C6H14Cl3N. The van der Waals surface area contributed by atoms with Gasteiger partial charge < -0.3 is 16.9 Å². The van der Waals surface area contributed by atoms with Crippen LogP contribution in [0.25, 0.3) is 0 Å². The summed E-state index contributed by atoms with van der Waals surface area (Å²) in [6.45, 7) is 1.99. The highest BCUT2D eigenvalue weighted by molar-refractivity contribution is 6.18. The Morgan fingerprint density at radius 1 is 1.00 bits per heavy atom. The van der Waals surface area contributed by atoms with Crippen molar-refractivity contribution in [3.63, 3.8) is 0 Å². The molecule has 64 valence electrons. The summed E-state index contributed by atoms with van der Waals surface area (Å²) in [7, 11) is 4.26. The highest BCUT2D eigenvalue weighted by Crippen LogP contribution is 1.97. The minimum atomic E-state index is 0. The zero-order chi connectivity index (χ0) is 7.33. The van der Waals surface area contributed by atoms with Gasteiger partial charge in [-0.1, -0.05) is 0 Å². The van der Waals surface area contributed by atoms with E-state index in [-0.39, 0.29) is 12.4 Å². The maximum absolute atomic E-state index is 5.56. The molecule has 0 rings (SSSR count). The summed E-state index contributed by atoms with van der Waals surface area (Å²) in [5.41, 5.74) is 0. The average Bonchev–Trinajstić information content (AvgIpc) is 1.64. The molecule has 0 bridgehead atoms. The number of rotatable bonds is 4. The van der Waals surface area contributed by atoms with Crippen molar-refractivity contribution in [1.82, 2.24) is 0 Å². The van der Waals surface area contributed by atoms with Crippen molar-refractivity contribution >= 4 is 23.2 Å². The summed E-state index contributed by atoms with van der Waals surface area (Å²) < 4.78 is 0.924. The average molecular weight is 207 g/mol. The van der Waals surface area contributed by atoms with E-state index in [0.29, 0.717) is 11.8 Å². The predicted octanol–water partition coefficient (Wildman–Crippen LogP) is -1.46. The lowest BCUT2D eigenvalue weighted by atomic mass is 10.5. The molecule has 0 heterocycles. The summed E-state index contributed by atoms with van der Waals surface area (Å²) in [5.74, 6) is 1.42. The predicted molar refractivity (Wildman–Crippen MR) is 43.3 cm³/mol. The molecule has 0 unspecified atom stereocenters. The lowest BCUT2D eigenvalue weighted by molar-refractivity contribution is -0.885. The van der Waals surface area contributed by atoms with E-state index >= 15 is 0 Å². The first-order valence-electron chi connectivity index (χ1n) is 3.06. The van der Waals surface area contributed by atoms with E-state index in [1.165, 1.54) is 0 Å². The van der Waals surface area contributed by atoms with Crippen molar-refractivity contribution in [3.05, 3.63) is 0 Å². The van der Waals surface area contributed by atoms with Gasteiger partial charge in [0.05, 0.1) is 38.9 Å². The molecule has 10 heavy (non-hydrogen) atoms. The molecule has 0 radical (unpaired) electrons. The third-order valence-electron chi connectivity index (χ3n) is 1.38. The molecule has 0 aromatic rings. The number of quaternary nitrogens is 1. The zero-order valence-corrected chi connectivity index (χ0v) is 8.68. The Bertz CT molecular complexity index is 67.4. The minimum Gasteiger partial charge on any atom is -1.00 e. The first-order chi connectivity index (χ1) is 4.12. The van der Waals surface area contributed by atoms with E-state index in [4.69, 9.17) is 23.2 Å². The van der Waals surface area contributed by atoms with Crippen LogP contribution in [0.4, 0.5) is 0 Å². The van der Waals surface area contributed by atoms with Crippen molar-refractivity contribution in [1.29, 1.82) is 0 Å². The van der Waals surface area contributed by atoms with Gasteiger partial charge in [-0.2, -0.15) is 0 Å². The van der Waals surface area contributed by atoms with Crippen molar-refractivity contribution in [2.75, 3.05) is 38.9 Å². The maximum Gasteiger partial charge on any atom is 0.0920 e. The molecule has 0 amide bonds. The Morgan fingerprint density at radius 2 is 1.30 bits per heavy atom. The smallest absolute Gasteiger partial charge is 0.0920 e. The Kier molecular flexibility index (Phi) is 8.77. The molecule has 0 spiro atoms. The third-order valence-corrected chi connectivity index (χ3v) is 1.72. The third kappa shape index (κ3) is 6.94. The molecule has 0 aliphatic heterocycles. The molecule has 4 heteroatoms. The first kappa shape index (κ1) is 13.4. The van der Waals surface area contributed by atoms with Crippen molar-refractivity contribution in [2.45, 2.75) is 0 Å². The van der Waals surface area contributed by atoms with Gasteiger partial charge in [-0.05, 0) is 0 Å². The van der Waals surface area contributed by atoms with Gasteiger partial charge in [0.15, 0.2) is 0 Å². The SMILES string of the molecule is C[N+](C)(CCCl)CCCl.[Cl-]. The summed E-state index contributed by atoms with van der Waals surface area (Å²) in [4.78, 5) is 0.